The predicted molar refractivity (Wildman–Crippen MR) is 108 cm³/mol. The molecule has 4 rings (SSSR count). The molecule has 0 unspecified atom stereocenters. The minimum absolute atomic E-state index is 0.0474. The average molecular weight is 363 g/mol. The van der Waals surface area contributed by atoms with E-state index in [4.69, 9.17) is 10.4 Å². The van der Waals surface area contributed by atoms with Crippen LogP contribution in [0.1, 0.15) is 21.6 Å². The van der Waals surface area contributed by atoms with Crippen LogP contribution in [-0.2, 0) is 6.42 Å². The van der Waals surface area contributed by atoms with Crippen molar-refractivity contribution >= 4 is 5.78 Å². The van der Waals surface area contributed by atoms with Crippen LogP contribution in [-0.4, -0.2) is 15.6 Å². The van der Waals surface area contributed by atoms with Crippen LogP contribution in [0.5, 0.6) is 0 Å². The normalized spacial score (nSPS) is 10.4. The number of hydrogen-bond acceptors (Lipinski definition) is 3. The molecule has 0 radical (unpaired) electrons. The Kier molecular flexibility index (Phi) is 4.81. The van der Waals surface area contributed by atoms with Crippen LogP contribution in [0.3, 0.4) is 0 Å². The lowest BCUT2D eigenvalue weighted by Crippen LogP contribution is -2.09. The molecule has 0 atom stereocenters. The molecular weight excluding hydrogens is 346 g/mol. The zero-order chi connectivity index (χ0) is 19.3. The monoisotopic (exact) mass is 363 g/mol. The maximum Gasteiger partial charge on any atom is 0.168 e. The zero-order valence-corrected chi connectivity index (χ0v) is 15.1. The number of para-hydroxylation sites is 1. The lowest BCUT2D eigenvalue weighted by molar-refractivity contribution is 0.0991. The molecular formula is C24H17N3O. The van der Waals surface area contributed by atoms with Crippen LogP contribution in [0.4, 0.5) is 0 Å². The summed E-state index contributed by atoms with van der Waals surface area (Å²) in [5.41, 5.74) is 4.53. The Morgan fingerprint density at radius 2 is 1.61 bits per heavy atom. The summed E-state index contributed by atoms with van der Waals surface area (Å²) in [6.45, 7) is 0. The van der Waals surface area contributed by atoms with Crippen LogP contribution in [0.2, 0.25) is 0 Å². The maximum absolute atomic E-state index is 12.9. The molecule has 0 saturated heterocycles. The van der Waals surface area contributed by atoms with Crippen LogP contribution in [0.15, 0.2) is 91.0 Å². The molecule has 0 aliphatic rings. The first kappa shape index (κ1) is 17.4. The Bertz CT molecular complexity index is 1160. The quantitative estimate of drug-likeness (QED) is 0.477. The Labute approximate surface area is 163 Å². The van der Waals surface area contributed by atoms with Gasteiger partial charge in [0.05, 0.1) is 35.1 Å². The molecule has 0 spiro atoms. The fraction of sp³-hybridized carbons (Fsp3) is 0.0417. The molecule has 1 aromatic heterocycles. The molecule has 4 heteroatoms. The van der Waals surface area contributed by atoms with Crippen molar-refractivity contribution in [1.29, 1.82) is 5.26 Å². The summed E-state index contributed by atoms with van der Waals surface area (Å²) < 4.78 is 1.81. The van der Waals surface area contributed by atoms with Gasteiger partial charge < -0.3 is 0 Å². The first-order chi connectivity index (χ1) is 13.7. The van der Waals surface area contributed by atoms with E-state index >= 15 is 0 Å². The first-order valence-electron chi connectivity index (χ1n) is 8.98. The van der Waals surface area contributed by atoms with Gasteiger partial charge in [0, 0.05) is 11.1 Å². The van der Waals surface area contributed by atoms with Gasteiger partial charge in [-0.15, -0.1) is 0 Å². The third-order valence-electron chi connectivity index (χ3n) is 4.51. The maximum atomic E-state index is 12.9. The number of carbonyl (C=O) groups is 1. The lowest BCUT2D eigenvalue weighted by atomic mass is 10.0. The molecule has 0 bridgehead atoms. The number of aromatic nitrogens is 2. The van der Waals surface area contributed by atoms with Gasteiger partial charge >= 0.3 is 0 Å². The summed E-state index contributed by atoms with van der Waals surface area (Å²) >= 11 is 0. The summed E-state index contributed by atoms with van der Waals surface area (Å²) in [5.74, 6) is -0.0474. The highest BCUT2D eigenvalue weighted by atomic mass is 16.1. The largest absolute Gasteiger partial charge is 0.294 e. The molecule has 0 N–H and O–H groups in total. The summed E-state index contributed by atoms with van der Waals surface area (Å²) in [6.07, 6.45) is 0.198. The van der Waals surface area contributed by atoms with Crippen molar-refractivity contribution < 1.29 is 4.79 Å². The summed E-state index contributed by atoms with van der Waals surface area (Å²) in [5, 5.41) is 13.8. The van der Waals surface area contributed by atoms with Crippen molar-refractivity contribution in [3.63, 3.8) is 0 Å². The van der Waals surface area contributed by atoms with Gasteiger partial charge in [-0.2, -0.15) is 10.4 Å². The number of Topliss-reactive ketones (excluding diaryl/α,β-unsaturated/α-hetero) is 1. The van der Waals surface area contributed by atoms with Gasteiger partial charge in [-0.3, -0.25) is 4.79 Å². The minimum Gasteiger partial charge on any atom is -0.294 e. The van der Waals surface area contributed by atoms with Crippen LogP contribution in [0, 0.1) is 11.3 Å². The van der Waals surface area contributed by atoms with Crippen molar-refractivity contribution in [3.8, 4) is 23.0 Å². The number of benzene rings is 3. The number of hydrogen-bond donors (Lipinski definition) is 0. The predicted octanol–water partition coefficient (Wildman–Crippen LogP) is 4.84. The Morgan fingerprint density at radius 3 is 2.32 bits per heavy atom. The van der Waals surface area contributed by atoms with E-state index in [1.165, 1.54) is 0 Å². The van der Waals surface area contributed by atoms with E-state index in [0.29, 0.717) is 11.1 Å². The number of rotatable bonds is 5. The highest BCUT2D eigenvalue weighted by Crippen LogP contribution is 2.23. The van der Waals surface area contributed by atoms with Gasteiger partial charge in [0.25, 0.3) is 0 Å². The van der Waals surface area contributed by atoms with Crippen LogP contribution < -0.4 is 0 Å². The van der Waals surface area contributed by atoms with Crippen molar-refractivity contribution in [2.45, 2.75) is 6.42 Å². The van der Waals surface area contributed by atoms with E-state index < -0.39 is 0 Å². The second-order valence-electron chi connectivity index (χ2n) is 6.43. The molecule has 1 heterocycles. The summed E-state index contributed by atoms with van der Waals surface area (Å²) in [7, 11) is 0. The molecule has 4 nitrogen and oxygen atoms in total. The van der Waals surface area contributed by atoms with Crippen LogP contribution >= 0.6 is 0 Å². The topological polar surface area (TPSA) is 58.7 Å². The van der Waals surface area contributed by atoms with Gasteiger partial charge in [-0.1, -0.05) is 60.7 Å². The van der Waals surface area contributed by atoms with E-state index in [1.54, 1.807) is 24.3 Å². The van der Waals surface area contributed by atoms with E-state index in [1.807, 2.05) is 71.4 Å². The van der Waals surface area contributed by atoms with E-state index in [0.717, 1.165) is 22.6 Å². The number of nitrogens with zero attached hydrogens (tertiary/aromatic N) is 3. The molecule has 0 aliphatic heterocycles. The second kappa shape index (κ2) is 7.73. The summed E-state index contributed by atoms with van der Waals surface area (Å²) in [6, 6.07) is 30.5. The van der Waals surface area contributed by atoms with Gasteiger partial charge in [0.2, 0.25) is 0 Å². The van der Waals surface area contributed by atoms with E-state index in [-0.39, 0.29) is 12.2 Å². The van der Waals surface area contributed by atoms with Gasteiger partial charge in [-0.25, -0.2) is 4.68 Å². The fourth-order valence-corrected chi connectivity index (χ4v) is 3.12. The molecule has 0 saturated carbocycles. The molecule has 4 aromatic rings. The van der Waals surface area contributed by atoms with Gasteiger partial charge in [-0.05, 0) is 30.3 Å². The number of carbonyl (C=O) groups excluding carboxylic acids is 1. The Hall–Kier alpha value is -3.97. The highest BCUT2D eigenvalue weighted by Gasteiger charge is 2.16. The molecule has 3 aromatic carbocycles. The molecule has 0 fully saturated rings. The summed E-state index contributed by atoms with van der Waals surface area (Å²) in [4.78, 5) is 12.9. The van der Waals surface area contributed by atoms with Crippen molar-refractivity contribution in [2.75, 3.05) is 0 Å². The minimum atomic E-state index is -0.0474. The van der Waals surface area contributed by atoms with Gasteiger partial charge in [0.15, 0.2) is 5.78 Å². The number of nitriles is 1. The fourth-order valence-electron chi connectivity index (χ4n) is 3.12. The van der Waals surface area contributed by atoms with Gasteiger partial charge in [0.1, 0.15) is 0 Å². The van der Waals surface area contributed by atoms with Crippen molar-refractivity contribution in [2.24, 2.45) is 0 Å². The molecule has 28 heavy (non-hydrogen) atoms. The van der Waals surface area contributed by atoms with Crippen molar-refractivity contribution in [3.05, 3.63) is 108 Å². The number of ketones is 1. The standard InChI is InChI=1S/C24H17N3O/c25-17-18-8-7-11-20(14-18)24(28)16-22-15-23(19-9-3-1-4-10-19)26-27(22)21-12-5-2-6-13-21/h1-15H,16H2. The smallest absolute Gasteiger partial charge is 0.168 e. The van der Waals surface area contributed by atoms with Crippen LogP contribution in [0.25, 0.3) is 16.9 Å². The Morgan fingerprint density at radius 1 is 0.893 bits per heavy atom. The molecule has 134 valence electrons. The SMILES string of the molecule is N#Cc1cccc(C(=O)Cc2cc(-c3ccccc3)nn2-c2ccccc2)c1. The Balaban J connectivity index is 1.73. The van der Waals surface area contributed by atoms with E-state index in [9.17, 15) is 4.79 Å². The third-order valence-corrected chi connectivity index (χ3v) is 4.51. The second-order valence-corrected chi connectivity index (χ2v) is 6.43. The molecule has 0 aliphatic carbocycles. The first-order valence-corrected chi connectivity index (χ1v) is 8.98. The van der Waals surface area contributed by atoms with Crippen molar-refractivity contribution in [1.82, 2.24) is 9.78 Å². The highest BCUT2D eigenvalue weighted by molar-refractivity contribution is 5.97. The lowest BCUT2D eigenvalue weighted by Gasteiger charge is -2.07. The molecule has 0 amide bonds. The zero-order valence-electron chi connectivity index (χ0n) is 15.1. The third kappa shape index (κ3) is 3.60. The van der Waals surface area contributed by atoms with E-state index in [2.05, 4.69) is 6.07 Å². The average Bonchev–Trinajstić information content (AvgIpc) is 3.19.